The third-order valence-corrected chi connectivity index (χ3v) is 4.84. The summed E-state index contributed by atoms with van der Waals surface area (Å²) in [7, 11) is -4.09. The molecular formula is C16H18O8S. The standard InChI is InChI=1S/C16H18O8S/c1-11(25(20,21)14-7-5-4-6-8-14)16(24-13(3)19)15(23-10-17)9-22-12(2)18/h4-8,10,15-16H,1,9H2,2-3H3/t15-,16+/m1/s1. The maximum Gasteiger partial charge on any atom is 0.303 e. The number of carbonyl (C=O) groups is 3. The molecule has 0 N–H and O–H groups in total. The molecule has 0 heterocycles. The molecular weight excluding hydrogens is 352 g/mol. The van der Waals surface area contributed by atoms with Gasteiger partial charge in [0.1, 0.15) is 6.61 Å². The van der Waals surface area contributed by atoms with E-state index in [9.17, 15) is 22.8 Å². The van der Waals surface area contributed by atoms with Crippen LogP contribution in [0.15, 0.2) is 46.7 Å². The number of esters is 2. The van der Waals surface area contributed by atoms with Crippen LogP contribution >= 0.6 is 0 Å². The van der Waals surface area contributed by atoms with E-state index < -0.39 is 45.5 Å². The molecule has 0 aromatic heterocycles. The van der Waals surface area contributed by atoms with E-state index in [4.69, 9.17) is 14.2 Å². The fourth-order valence-electron chi connectivity index (χ4n) is 1.90. The lowest BCUT2D eigenvalue weighted by atomic mass is 10.2. The molecule has 0 bridgehead atoms. The predicted octanol–water partition coefficient (Wildman–Crippen LogP) is 1.01. The summed E-state index contributed by atoms with van der Waals surface area (Å²) in [6.07, 6.45) is -2.91. The summed E-state index contributed by atoms with van der Waals surface area (Å²) in [4.78, 5) is 32.5. The van der Waals surface area contributed by atoms with Crippen LogP contribution in [0.5, 0.6) is 0 Å². The van der Waals surface area contributed by atoms with Crippen molar-refractivity contribution >= 4 is 28.2 Å². The van der Waals surface area contributed by atoms with Crippen molar-refractivity contribution in [3.63, 3.8) is 0 Å². The smallest absolute Gasteiger partial charge is 0.303 e. The van der Waals surface area contributed by atoms with E-state index in [-0.39, 0.29) is 11.4 Å². The number of sulfone groups is 1. The van der Waals surface area contributed by atoms with Crippen molar-refractivity contribution in [3.8, 4) is 0 Å². The van der Waals surface area contributed by atoms with Crippen molar-refractivity contribution in [2.75, 3.05) is 6.61 Å². The average molecular weight is 370 g/mol. The van der Waals surface area contributed by atoms with Gasteiger partial charge in [0.05, 0.1) is 9.80 Å². The van der Waals surface area contributed by atoms with Gasteiger partial charge in [-0.1, -0.05) is 24.8 Å². The van der Waals surface area contributed by atoms with E-state index in [0.29, 0.717) is 0 Å². The van der Waals surface area contributed by atoms with Crippen molar-refractivity contribution in [1.82, 2.24) is 0 Å². The predicted molar refractivity (Wildman–Crippen MR) is 85.9 cm³/mol. The second-order valence-corrected chi connectivity index (χ2v) is 6.89. The van der Waals surface area contributed by atoms with Gasteiger partial charge in [-0.2, -0.15) is 0 Å². The van der Waals surface area contributed by atoms with Crippen LogP contribution in [0.1, 0.15) is 13.8 Å². The highest BCUT2D eigenvalue weighted by Gasteiger charge is 2.36. The number of hydrogen-bond donors (Lipinski definition) is 0. The summed E-state index contributed by atoms with van der Waals surface area (Å²) in [6, 6.07) is 7.34. The lowest BCUT2D eigenvalue weighted by Gasteiger charge is -2.26. The van der Waals surface area contributed by atoms with Gasteiger partial charge < -0.3 is 14.2 Å². The maximum absolute atomic E-state index is 12.7. The molecule has 0 aliphatic carbocycles. The summed E-state index contributed by atoms with van der Waals surface area (Å²) in [5.41, 5.74) is 0. The Labute approximate surface area is 145 Å². The molecule has 8 nitrogen and oxygen atoms in total. The lowest BCUT2D eigenvalue weighted by molar-refractivity contribution is -0.163. The molecule has 0 saturated heterocycles. The summed E-state index contributed by atoms with van der Waals surface area (Å²) in [6.45, 7) is 5.19. The van der Waals surface area contributed by atoms with Gasteiger partial charge in [0.2, 0.25) is 9.84 Å². The summed E-state index contributed by atoms with van der Waals surface area (Å²) < 4.78 is 39.8. The molecule has 136 valence electrons. The van der Waals surface area contributed by atoms with E-state index in [1.165, 1.54) is 24.3 Å². The van der Waals surface area contributed by atoms with Crippen LogP contribution in [0.4, 0.5) is 0 Å². The molecule has 0 unspecified atom stereocenters. The van der Waals surface area contributed by atoms with Gasteiger partial charge in [-0.15, -0.1) is 0 Å². The molecule has 25 heavy (non-hydrogen) atoms. The van der Waals surface area contributed by atoms with E-state index in [0.717, 1.165) is 13.8 Å². The number of benzene rings is 1. The first kappa shape index (κ1) is 20.4. The Morgan fingerprint density at radius 2 is 1.76 bits per heavy atom. The van der Waals surface area contributed by atoms with Gasteiger partial charge in [0.25, 0.3) is 6.47 Å². The lowest BCUT2D eigenvalue weighted by Crippen LogP contribution is -2.40. The Morgan fingerprint density at radius 1 is 1.16 bits per heavy atom. The first-order valence-electron chi connectivity index (χ1n) is 7.08. The van der Waals surface area contributed by atoms with Gasteiger partial charge in [-0.05, 0) is 12.1 Å². The summed E-state index contributed by atoms with van der Waals surface area (Å²) >= 11 is 0. The molecule has 9 heteroatoms. The van der Waals surface area contributed by atoms with E-state index in [1.54, 1.807) is 6.07 Å². The summed E-state index contributed by atoms with van der Waals surface area (Å²) in [5, 5.41) is 0. The molecule has 0 saturated carbocycles. The van der Waals surface area contributed by atoms with Gasteiger partial charge in [-0.3, -0.25) is 14.4 Å². The molecule has 1 rings (SSSR count). The zero-order valence-electron chi connectivity index (χ0n) is 13.7. The molecule has 0 aliphatic heterocycles. The minimum Gasteiger partial charge on any atom is -0.462 e. The first-order chi connectivity index (χ1) is 11.7. The summed E-state index contributed by atoms with van der Waals surface area (Å²) in [5.74, 6) is -1.51. The van der Waals surface area contributed by atoms with Crippen LogP contribution < -0.4 is 0 Å². The molecule has 1 aromatic carbocycles. The number of carbonyl (C=O) groups excluding carboxylic acids is 3. The monoisotopic (exact) mass is 370 g/mol. The van der Waals surface area contributed by atoms with Gasteiger partial charge in [-0.25, -0.2) is 8.42 Å². The fourth-order valence-corrected chi connectivity index (χ4v) is 3.22. The zero-order valence-corrected chi connectivity index (χ0v) is 14.5. The van der Waals surface area contributed by atoms with Crippen LogP contribution in [0.25, 0.3) is 0 Å². The third kappa shape index (κ3) is 5.71. The molecule has 0 spiro atoms. The Hall–Kier alpha value is -2.68. The van der Waals surface area contributed by atoms with Gasteiger partial charge in [0.15, 0.2) is 12.2 Å². The van der Waals surface area contributed by atoms with Crippen molar-refractivity contribution < 1.29 is 37.0 Å². The maximum atomic E-state index is 12.7. The van der Waals surface area contributed by atoms with Crippen LogP contribution in [0.2, 0.25) is 0 Å². The fraction of sp³-hybridized carbons (Fsp3) is 0.312. The highest BCUT2D eigenvalue weighted by Crippen LogP contribution is 2.25. The van der Waals surface area contributed by atoms with E-state index in [1.807, 2.05) is 0 Å². The number of rotatable bonds is 9. The SMILES string of the molecule is C=C([C@H](OC(C)=O)[C@@H](COC(C)=O)OC=O)S(=O)(=O)c1ccccc1. The van der Waals surface area contributed by atoms with Crippen LogP contribution in [0, 0.1) is 0 Å². The minimum atomic E-state index is -4.09. The molecule has 1 aromatic rings. The Bertz CT molecular complexity index is 739. The highest BCUT2D eigenvalue weighted by molar-refractivity contribution is 7.95. The number of hydrogen-bond acceptors (Lipinski definition) is 8. The Kier molecular flexibility index (Phi) is 7.31. The topological polar surface area (TPSA) is 113 Å². The zero-order chi connectivity index (χ0) is 19.0. The van der Waals surface area contributed by atoms with Crippen LogP contribution in [0.3, 0.4) is 0 Å². The molecule has 0 amide bonds. The van der Waals surface area contributed by atoms with E-state index in [2.05, 4.69) is 6.58 Å². The molecule has 0 fully saturated rings. The quantitative estimate of drug-likeness (QED) is 0.359. The van der Waals surface area contributed by atoms with E-state index >= 15 is 0 Å². The third-order valence-electron chi connectivity index (χ3n) is 3.03. The molecule has 0 aliphatic rings. The first-order valence-corrected chi connectivity index (χ1v) is 8.57. The molecule has 0 radical (unpaired) electrons. The van der Waals surface area contributed by atoms with Crippen LogP contribution in [-0.4, -0.2) is 45.6 Å². The Morgan fingerprint density at radius 3 is 2.24 bits per heavy atom. The largest absolute Gasteiger partial charge is 0.462 e. The van der Waals surface area contributed by atoms with Crippen molar-refractivity contribution in [2.45, 2.75) is 31.0 Å². The van der Waals surface area contributed by atoms with Crippen LogP contribution in [-0.2, 0) is 38.4 Å². The normalized spacial score (nSPS) is 13.2. The number of ether oxygens (including phenoxy) is 3. The highest BCUT2D eigenvalue weighted by atomic mass is 32.2. The minimum absolute atomic E-state index is 0.0348. The Balaban J connectivity index is 3.22. The van der Waals surface area contributed by atoms with Gasteiger partial charge in [0, 0.05) is 13.8 Å². The van der Waals surface area contributed by atoms with Gasteiger partial charge >= 0.3 is 11.9 Å². The molecule has 2 atom stereocenters. The van der Waals surface area contributed by atoms with Crippen molar-refractivity contribution in [2.24, 2.45) is 0 Å². The van der Waals surface area contributed by atoms with Crippen molar-refractivity contribution in [1.29, 1.82) is 0 Å². The van der Waals surface area contributed by atoms with Crippen molar-refractivity contribution in [3.05, 3.63) is 41.8 Å². The average Bonchev–Trinajstić information content (AvgIpc) is 2.56. The second-order valence-electron chi connectivity index (χ2n) is 4.89. The second kappa shape index (κ2) is 8.97.